The first-order valence-electron chi connectivity index (χ1n) is 3.97. The lowest BCUT2D eigenvalue weighted by atomic mass is 10.3. The average Bonchev–Trinajstić information content (AvgIpc) is 2.70. The zero-order chi connectivity index (χ0) is 9.97. The Morgan fingerprint density at radius 2 is 2.21 bits per heavy atom. The minimum Gasteiger partial charge on any atom is -0.476 e. The van der Waals surface area contributed by atoms with Gasteiger partial charge in [-0.25, -0.2) is 14.5 Å². The van der Waals surface area contributed by atoms with E-state index in [1.54, 1.807) is 30.6 Å². The predicted molar refractivity (Wildman–Crippen MR) is 48.3 cm³/mol. The van der Waals surface area contributed by atoms with Crippen LogP contribution in [-0.4, -0.2) is 25.8 Å². The molecule has 0 saturated carbocycles. The van der Waals surface area contributed by atoms with Crippen molar-refractivity contribution in [1.82, 2.24) is 14.8 Å². The molecule has 2 heterocycles. The normalized spacial score (nSPS) is 10.0. The summed E-state index contributed by atoms with van der Waals surface area (Å²) in [6.45, 7) is 0. The highest BCUT2D eigenvalue weighted by Crippen LogP contribution is 2.09. The summed E-state index contributed by atoms with van der Waals surface area (Å²) >= 11 is 0. The highest BCUT2D eigenvalue weighted by Gasteiger charge is 2.11. The van der Waals surface area contributed by atoms with Crippen molar-refractivity contribution in [2.45, 2.75) is 0 Å². The summed E-state index contributed by atoms with van der Waals surface area (Å²) in [5.41, 5.74) is 0.459. The van der Waals surface area contributed by atoms with Gasteiger partial charge in [-0.1, -0.05) is 0 Å². The van der Waals surface area contributed by atoms with Crippen molar-refractivity contribution in [3.63, 3.8) is 0 Å². The second kappa shape index (κ2) is 3.29. The van der Waals surface area contributed by atoms with Gasteiger partial charge < -0.3 is 5.11 Å². The predicted octanol–water partition coefficient (Wildman–Crippen LogP) is 0.965. The number of aromatic nitrogens is 3. The van der Waals surface area contributed by atoms with Crippen molar-refractivity contribution in [2.75, 3.05) is 0 Å². The Bertz CT molecular complexity index is 451. The SMILES string of the molecule is O=C(O)c1ncccc1-n1cccn1. The molecule has 0 amide bonds. The number of hydrogen-bond acceptors (Lipinski definition) is 3. The quantitative estimate of drug-likeness (QED) is 0.764. The molecule has 1 N–H and O–H groups in total. The summed E-state index contributed by atoms with van der Waals surface area (Å²) in [4.78, 5) is 14.6. The van der Waals surface area contributed by atoms with Crippen molar-refractivity contribution in [3.8, 4) is 5.69 Å². The number of hydrogen-bond donors (Lipinski definition) is 1. The topological polar surface area (TPSA) is 68.0 Å². The summed E-state index contributed by atoms with van der Waals surface area (Å²) in [7, 11) is 0. The zero-order valence-corrected chi connectivity index (χ0v) is 7.16. The molecule has 5 nitrogen and oxygen atoms in total. The molecule has 0 unspecified atom stereocenters. The molecule has 2 aromatic heterocycles. The van der Waals surface area contributed by atoms with Crippen LogP contribution in [0.3, 0.4) is 0 Å². The molecule has 2 aromatic rings. The third-order valence-electron chi connectivity index (χ3n) is 1.74. The number of pyridine rings is 1. The molecule has 0 aliphatic rings. The number of aromatic carboxylic acids is 1. The molecule has 0 aliphatic heterocycles. The Hall–Kier alpha value is -2.17. The van der Waals surface area contributed by atoms with E-state index >= 15 is 0 Å². The third-order valence-corrected chi connectivity index (χ3v) is 1.74. The molecule has 0 aliphatic carbocycles. The first kappa shape index (κ1) is 8.43. The van der Waals surface area contributed by atoms with Gasteiger partial charge in [-0.3, -0.25) is 0 Å². The Balaban J connectivity index is 2.58. The minimum atomic E-state index is -1.06. The molecular formula is C9H7N3O2. The van der Waals surface area contributed by atoms with Crippen LogP contribution in [0.5, 0.6) is 0 Å². The number of carboxylic acid groups (broad SMARTS) is 1. The maximum atomic E-state index is 10.8. The summed E-state index contributed by atoms with van der Waals surface area (Å²) in [6, 6.07) is 5.05. The monoisotopic (exact) mass is 189 g/mol. The van der Waals surface area contributed by atoms with Gasteiger partial charge in [0, 0.05) is 18.6 Å². The van der Waals surface area contributed by atoms with Gasteiger partial charge in [-0.05, 0) is 18.2 Å². The molecule has 0 aromatic carbocycles. The van der Waals surface area contributed by atoms with E-state index in [4.69, 9.17) is 5.11 Å². The Morgan fingerprint density at radius 1 is 1.36 bits per heavy atom. The fourth-order valence-corrected chi connectivity index (χ4v) is 1.16. The highest BCUT2D eigenvalue weighted by atomic mass is 16.4. The fourth-order valence-electron chi connectivity index (χ4n) is 1.16. The second-order valence-electron chi connectivity index (χ2n) is 2.63. The van der Waals surface area contributed by atoms with E-state index in [2.05, 4.69) is 10.1 Å². The van der Waals surface area contributed by atoms with Crippen LogP contribution in [0.4, 0.5) is 0 Å². The molecule has 0 radical (unpaired) electrons. The fraction of sp³-hybridized carbons (Fsp3) is 0. The largest absolute Gasteiger partial charge is 0.476 e. The Labute approximate surface area is 79.6 Å². The molecule has 0 saturated heterocycles. The number of carboxylic acids is 1. The lowest BCUT2D eigenvalue weighted by Gasteiger charge is -2.03. The summed E-state index contributed by atoms with van der Waals surface area (Å²) < 4.78 is 1.47. The molecule has 14 heavy (non-hydrogen) atoms. The van der Waals surface area contributed by atoms with Gasteiger partial charge in [0.05, 0.1) is 5.69 Å². The van der Waals surface area contributed by atoms with Gasteiger partial charge in [-0.15, -0.1) is 0 Å². The van der Waals surface area contributed by atoms with Crippen LogP contribution in [0, 0.1) is 0 Å². The van der Waals surface area contributed by atoms with Gasteiger partial charge in [-0.2, -0.15) is 5.10 Å². The maximum Gasteiger partial charge on any atom is 0.356 e. The standard InChI is InChI=1S/C9H7N3O2/c13-9(14)8-7(3-1-4-10-8)12-6-2-5-11-12/h1-6H,(H,13,14). The van der Waals surface area contributed by atoms with Gasteiger partial charge >= 0.3 is 5.97 Å². The molecule has 5 heteroatoms. The van der Waals surface area contributed by atoms with Gasteiger partial charge in [0.1, 0.15) is 0 Å². The van der Waals surface area contributed by atoms with E-state index in [9.17, 15) is 4.79 Å². The van der Waals surface area contributed by atoms with E-state index in [-0.39, 0.29) is 5.69 Å². The minimum absolute atomic E-state index is 0.00352. The van der Waals surface area contributed by atoms with Crippen LogP contribution in [-0.2, 0) is 0 Å². The van der Waals surface area contributed by atoms with Crippen molar-refractivity contribution in [1.29, 1.82) is 0 Å². The lowest BCUT2D eigenvalue weighted by molar-refractivity contribution is 0.0690. The van der Waals surface area contributed by atoms with Crippen LogP contribution < -0.4 is 0 Å². The molecular weight excluding hydrogens is 182 g/mol. The molecule has 0 spiro atoms. The van der Waals surface area contributed by atoms with E-state index in [1.807, 2.05) is 0 Å². The van der Waals surface area contributed by atoms with E-state index in [0.717, 1.165) is 0 Å². The maximum absolute atomic E-state index is 10.8. The second-order valence-corrected chi connectivity index (χ2v) is 2.63. The smallest absolute Gasteiger partial charge is 0.356 e. The van der Waals surface area contributed by atoms with Crippen molar-refractivity contribution in [2.24, 2.45) is 0 Å². The van der Waals surface area contributed by atoms with Crippen LogP contribution in [0.15, 0.2) is 36.8 Å². The molecule has 2 rings (SSSR count). The van der Waals surface area contributed by atoms with Crippen LogP contribution in [0.1, 0.15) is 10.5 Å². The van der Waals surface area contributed by atoms with E-state index < -0.39 is 5.97 Å². The Morgan fingerprint density at radius 3 is 2.86 bits per heavy atom. The highest BCUT2D eigenvalue weighted by molar-refractivity contribution is 5.89. The number of carbonyl (C=O) groups is 1. The van der Waals surface area contributed by atoms with Gasteiger partial charge in [0.15, 0.2) is 5.69 Å². The zero-order valence-electron chi connectivity index (χ0n) is 7.16. The third kappa shape index (κ3) is 1.35. The molecule has 0 fully saturated rings. The first-order chi connectivity index (χ1) is 6.79. The first-order valence-corrected chi connectivity index (χ1v) is 3.97. The Kier molecular flexibility index (Phi) is 1.98. The van der Waals surface area contributed by atoms with Crippen molar-refractivity contribution >= 4 is 5.97 Å². The van der Waals surface area contributed by atoms with Crippen LogP contribution >= 0.6 is 0 Å². The average molecular weight is 189 g/mol. The van der Waals surface area contributed by atoms with Gasteiger partial charge in [0.2, 0.25) is 0 Å². The van der Waals surface area contributed by atoms with Crippen molar-refractivity contribution in [3.05, 3.63) is 42.5 Å². The molecule has 70 valence electrons. The molecule has 0 atom stereocenters. The molecule has 0 bridgehead atoms. The summed E-state index contributed by atoms with van der Waals surface area (Å²) in [5.74, 6) is -1.06. The lowest BCUT2D eigenvalue weighted by Crippen LogP contribution is -2.07. The summed E-state index contributed by atoms with van der Waals surface area (Å²) in [5, 5.41) is 12.8. The van der Waals surface area contributed by atoms with Crippen LogP contribution in [0.25, 0.3) is 5.69 Å². The summed E-state index contributed by atoms with van der Waals surface area (Å²) in [6.07, 6.45) is 4.69. The van der Waals surface area contributed by atoms with E-state index in [1.165, 1.54) is 10.9 Å². The van der Waals surface area contributed by atoms with Gasteiger partial charge in [0.25, 0.3) is 0 Å². The number of nitrogens with zero attached hydrogens (tertiary/aromatic N) is 3. The van der Waals surface area contributed by atoms with Crippen molar-refractivity contribution < 1.29 is 9.90 Å². The van der Waals surface area contributed by atoms with Crippen LogP contribution in [0.2, 0.25) is 0 Å². The number of rotatable bonds is 2. The van der Waals surface area contributed by atoms with E-state index in [0.29, 0.717) is 5.69 Å².